The van der Waals surface area contributed by atoms with Crippen LogP contribution in [-0.4, -0.2) is 24.7 Å². The molecule has 1 atom stereocenters. The van der Waals surface area contributed by atoms with Gasteiger partial charge >= 0.3 is 5.97 Å². The molecule has 0 fully saturated rings. The third-order valence-electron chi connectivity index (χ3n) is 2.80. The first-order valence-electron chi connectivity index (χ1n) is 5.83. The number of hydrogen-bond donors (Lipinski definition) is 2. The van der Waals surface area contributed by atoms with Crippen LogP contribution in [-0.2, 0) is 11.2 Å². The Labute approximate surface area is 106 Å². The predicted molar refractivity (Wildman–Crippen MR) is 66.1 cm³/mol. The Hall–Kier alpha value is -1.62. The molecule has 0 aliphatic rings. The van der Waals surface area contributed by atoms with Gasteiger partial charge in [-0.05, 0) is 43.5 Å². The Morgan fingerprint density at radius 2 is 2.28 bits per heavy atom. The lowest BCUT2D eigenvalue weighted by Gasteiger charge is -2.12. The van der Waals surface area contributed by atoms with Crippen molar-refractivity contribution in [2.75, 3.05) is 13.7 Å². The van der Waals surface area contributed by atoms with Crippen molar-refractivity contribution in [1.82, 2.24) is 0 Å². The quantitative estimate of drug-likeness (QED) is 0.779. The summed E-state index contributed by atoms with van der Waals surface area (Å²) in [6, 6.07) is 4.50. The SMILES string of the molecule is COc1ccc(CC(CCCN)C(=O)O)cc1F. The third-order valence-corrected chi connectivity index (χ3v) is 2.80. The summed E-state index contributed by atoms with van der Waals surface area (Å²) in [5, 5.41) is 9.07. The van der Waals surface area contributed by atoms with Gasteiger partial charge in [-0.2, -0.15) is 0 Å². The van der Waals surface area contributed by atoms with Crippen LogP contribution in [0.25, 0.3) is 0 Å². The summed E-state index contributed by atoms with van der Waals surface area (Å²) in [6.45, 7) is 0.459. The van der Waals surface area contributed by atoms with E-state index in [1.807, 2.05) is 0 Å². The summed E-state index contributed by atoms with van der Waals surface area (Å²) in [6.07, 6.45) is 1.45. The second-order valence-corrected chi connectivity index (χ2v) is 4.14. The lowest BCUT2D eigenvalue weighted by atomic mass is 9.95. The molecule has 4 nitrogen and oxygen atoms in total. The van der Waals surface area contributed by atoms with Crippen LogP contribution in [0.5, 0.6) is 5.75 Å². The Balaban J connectivity index is 2.74. The zero-order valence-electron chi connectivity index (χ0n) is 10.4. The molecular weight excluding hydrogens is 237 g/mol. The van der Waals surface area contributed by atoms with Crippen molar-refractivity contribution in [3.05, 3.63) is 29.6 Å². The topological polar surface area (TPSA) is 72.5 Å². The molecule has 0 saturated heterocycles. The molecule has 1 unspecified atom stereocenters. The number of carboxylic acids is 1. The molecule has 0 amide bonds. The van der Waals surface area contributed by atoms with Crippen molar-refractivity contribution in [3.63, 3.8) is 0 Å². The molecule has 0 bridgehead atoms. The van der Waals surface area contributed by atoms with E-state index in [1.54, 1.807) is 6.07 Å². The number of methoxy groups -OCH3 is 1. The Kier molecular flexibility index (Phi) is 5.58. The van der Waals surface area contributed by atoms with Gasteiger partial charge in [0.1, 0.15) is 0 Å². The summed E-state index contributed by atoms with van der Waals surface area (Å²) in [4.78, 5) is 11.1. The molecule has 0 heterocycles. The van der Waals surface area contributed by atoms with Crippen molar-refractivity contribution in [3.8, 4) is 5.75 Å². The van der Waals surface area contributed by atoms with Crippen molar-refractivity contribution >= 4 is 5.97 Å². The smallest absolute Gasteiger partial charge is 0.306 e. The number of carboxylic acid groups (broad SMARTS) is 1. The molecule has 0 spiro atoms. The van der Waals surface area contributed by atoms with Crippen LogP contribution in [0.4, 0.5) is 4.39 Å². The summed E-state index contributed by atoms with van der Waals surface area (Å²) in [7, 11) is 1.39. The van der Waals surface area contributed by atoms with Crippen molar-refractivity contribution in [1.29, 1.82) is 0 Å². The Morgan fingerprint density at radius 1 is 1.56 bits per heavy atom. The van der Waals surface area contributed by atoms with E-state index in [1.165, 1.54) is 19.2 Å². The standard InChI is InChI=1S/C13H18FNO3/c1-18-12-5-4-9(8-11(12)14)7-10(13(16)17)3-2-6-15/h4-5,8,10H,2-3,6-7,15H2,1H3,(H,16,17). The average Bonchev–Trinajstić information content (AvgIpc) is 2.34. The normalized spacial score (nSPS) is 12.2. The van der Waals surface area contributed by atoms with E-state index in [4.69, 9.17) is 15.6 Å². The average molecular weight is 255 g/mol. The maximum atomic E-state index is 13.5. The number of halogens is 1. The summed E-state index contributed by atoms with van der Waals surface area (Å²) >= 11 is 0. The predicted octanol–water partition coefficient (Wildman–Crippen LogP) is 1.82. The minimum atomic E-state index is -0.875. The van der Waals surface area contributed by atoms with Crippen molar-refractivity contribution in [2.24, 2.45) is 11.7 Å². The minimum absolute atomic E-state index is 0.160. The monoisotopic (exact) mass is 255 g/mol. The van der Waals surface area contributed by atoms with E-state index in [2.05, 4.69) is 0 Å². The van der Waals surface area contributed by atoms with Gasteiger partial charge in [0.2, 0.25) is 0 Å². The number of benzene rings is 1. The van der Waals surface area contributed by atoms with Crippen molar-refractivity contribution in [2.45, 2.75) is 19.3 Å². The molecule has 18 heavy (non-hydrogen) atoms. The van der Waals surface area contributed by atoms with Gasteiger partial charge in [-0.15, -0.1) is 0 Å². The maximum absolute atomic E-state index is 13.5. The number of hydrogen-bond acceptors (Lipinski definition) is 3. The molecule has 1 rings (SSSR count). The van der Waals surface area contributed by atoms with Gasteiger partial charge in [0.15, 0.2) is 11.6 Å². The van der Waals surface area contributed by atoms with Crippen molar-refractivity contribution < 1.29 is 19.0 Å². The zero-order chi connectivity index (χ0) is 13.5. The van der Waals surface area contributed by atoms with Gasteiger partial charge in [0.25, 0.3) is 0 Å². The van der Waals surface area contributed by atoms with E-state index in [0.29, 0.717) is 31.4 Å². The lowest BCUT2D eigenvalue weighted by Crippen LogP contribution is -2.18. The zero-order valence-corrected chi connectivity index (χ0v) is 10.4. The van der Waals surface area contributed by atoms with Gasteiger partial charge in [0.05, 0.1) is 13.0 Å². The molecule has 1 aromatic carbocycles. The molecule has 0 aliphatic heterocycles. The second kappa shape index (κ2) is 6.96. The molecule has 3 N–H and O–H groups in total. The summed E-state index contributed by atoms with van der Waals surface area (Å²) in [5.74, 6) is -1.72. The highest BCUT2D eigenvalue weighted by Crippen LogP contribution is 2.21. The van der Waals surface area contributed by atoms with Gasteiger partial charge in [0, 0.05) is 0 Å². The van der Waals surface area contributed by atoms with Crippen LogP contribution in [0.2, 0.25) is 0 Å². The molecule has 0 radical (unpaired) electrons. The summed E-state index contributed by atoms with van der Waals surface area (Å²) in [5.41, 5.74) is 6.01. The Bertz CT molecular complexity index is 409. The minimum Gasteiger partial charge on any atom is -0.494 e. The van der Waals surface area contributed by atoms with Gasteiger partial charge < -0.3 is 15.6 Å². The summed E-state index contributed by atoms with van der Waals surface area (Å²) < 4.78 is 18.3. The molecular formula is C13H18FNO3. The highest BCUT2D eigenvalue weighted by molar-refractivity contribution is 5.70. The fourth-order valence-corrected chi connectivity index (χ4v) is 1.80. The van der Waals surface area contributed by atoms with Crippen LogP contribution in [0, 0.1) is 11.7 Å². The maximum Gasteiger partial charge on any atom is 0.306 e. The fourth-order valence-electron chi connectivity index (χ4n) is 1.80. The third kappa shape index (κ3) is 4.00. The largest absolute Gasteiger partial charge is 0.494 e. The first kappa shape index (κ1) is 14.4. The van der Waals surface area contributed by atoms with Crippen LogP contribution < -0.4 is 10.5 Å². The van der Waals surface area contributed by atoms with E-state index in [9.17, 15) is 9.18 Å². The number of nitrogens with two attached hydrogens (primary N) is 1. The highest BCUT2D eigenvalue weighted by atomic mass is 19.1. The molecule has 5 heteroatoms. The first-order chi connectivity index (χ1) is 8.58. The molecule has 0 aromatic heterocycles. The van der Waals surface area contributed by atoms with Crippen LogP contribution in [0.1, 0.15) is 18.4 Å². The molecule has 1 aromatic rings. The molecule has 100 valence electrons. The first-order valence-corrected chi connectivity index (χ1v) is 5.83. The van der Waals surface area contributed by atoms with Gasteiger partial charge in [-0.25, -0.2) is 4.39 Å². The number of aliphatic carboxylic acids is 1. The van der Waals surface area contributed by atoms with E-state index < -0.39 is 17.7 Å². The van der Waals surface area contributed by atoms with E-state index in [-0.39, 0.29) is 5.75 Å². The number of ether oxygens (including phenoxy) is 1. The molecule has 0 aliphatic carbocycles. The van der Waals surface area contributed by atoms with Crippen LogP contribution in [0.15, 0.2) is 18.2 Å². The highest BCUT2D eigenvalue weighted by Gasteiger charge is 2.18. The van der Waals surface area contributed by atoms with Crippen LogP contribution in [0.3, 0.4) is 0 Å². The van der Waals surface area contributed by atoms with Gasteiger partial charge in [-0.3, -0.25) is 4.79 Å². The Morgan fingerprint density at radius 3 is 2.78 bits per heavy atom. The van der Waals surface area contributed by atoms with E-state index in [0.717, 1.165) is 0 Å². The van der Waals surface area contributed by atoms with Crippen LogP contribution >= 0.6 is 0 Å². The number of carbonyl (C=O) groups is 1. The van der Waals surface area contributed by atoms with Gasteiger partial charge in [-0.1, -0.05) is 6.07 Å². The fraction of sp³-hybridized carbons (Fsp3) is 0.462. The molecule has 0 saturated carbocycles. The van der Waals surface area contributed by atoms with E-state index >= 15 is 0 Å². The second-order valence-electron chi connectivity index (χ2n) is 4.14. The number of rotatable bonds is 7. The lowest BCUT2D eigenvalue weighted by molar-refractivity contribution is -0.141.